The number of hydrogen-bond acceptors (Lipinski definition) is 8. The molecule has 0 N–H and O–H groups in total. The van der Waals surface area contributed by atoms with Gasteiger partial charge in [0.25, 0.3) is 0 Å². The second-order valence-electron chi connectivity index (χ2n) is 20.5. The van der Waals surface area contributed by atoms with Gasteiger partial charge < -0.3 is 29.1 Å². The average Bonchev–Trinajstić information content (AvgIpc) is 3.11. The van der Waals surface area contributed by atoms with Gasteiger partial charge in [0.1, 0.15) is 0 Å². The third-order valence-corrected chi connectivity index (χ3v) is 16.4. The largest absolute Gasteiger partial charge is 0.376 e. The number of nitrogens with zero attached hydrogens (tertiary/aromatic N) is 6. The van der Waals surface area contributed by atoms with Crippen molar-refractivity contribution in [2.75, 3.05) is 118 Å². The van der Waals surface area contributed by atoms with Crippen molar-refractivity contribution in [1.29, 1.82) is 0 Å². The van der Waals surface area contributed by atoms with E-state index in [9.17, 15) is 0 Å². The van der Waals surface area contributed by atoms with Gasteiger partial charge in [-0.15, -0.1) is 0 Å². The van der Waals surface area contributed by atoms with Crippen molar-refractivity contribution in [2.45, 2.75) is 129 Å². The molecule has 2 spiro atoms. The minimum atomic E-state index is 0.237. The molecular formula is C43H78N6O2. The fraction of sp³-hybridized carbons (Fsp3) is 1.00. The Hall–Kier alpha value is -0.320. The number of morpholine rings is 2. The number of hydrogen-bond donors (Lipinski definition) is 0. The summed E-state index contributed by atoms with van der Waals surface area (Å²) in [5, 5.41) is 0. The first kappa shape index (κ1) is 37.6. The second-order valence-corrected chi connectivity index (χ2v) is 20.5. The predicted octanol–water partition coefficient (Wildman–Crippen LogP) is 5.37. The Kier molecular flexibility index (Phi) is 11.8. The molecule has 51 heavy (non-hydrogen) atoms. The fourth-order valence-corrected chi connectivity index (χ4v) is 12.3. The van der Waals surface area contributed by atoms with Crippen molar-refractivity contribution in [2.24, 2.45) is 28.1 Å². The maximum absolute atomic E-state index is 6.55. The molecule has 0 aromatic heterocycles. The Morgan fingerprint density at radius 1 is 0.588 bits per heavy atom. The van der Waals surface area contributed by atoms with Crippen LogP contribution in [0.3, 0.4) is 0 Å². The summed E-state index contributed by atoms with van der Waals surface area (Å²) < 4.78 is 12.3. The van der Waals surface area contributed by atoms with Crippen LogP contribution in [0, 0.1) is 28.1 Å². The molecule has 8 rings (SSSR count). The van der Waals surface area contributed by atoms with Crippen LogP contribution >= 0.6 is 0 Å². The van der Waals surface area contributed by atoms with Gasteiger partial charge in [-0.25, -0.2) is 0 Å². The van der Waals surface area contributed by atoms with Crippen LogP contribution in [0.5, 0.6) is 0 Å². The van der Waals surface area contributed by atoms with Crippen LogP contribution in [-0.4, -0.2) is 172 Å². The predicted molar refractivity (Wildman–Crippen MR) is 208 cm³/mol. The van der Waals surface area contributed by atoms with Gasteiger partial charge in [0.15, 0.2) is 0 Å². The zero-order valence-corrected chi connectivity index (χ0v) is 33.7. The third-order valence-electron chi connectivity index (χ3n) is 16.4. The highest BCUT2D eigenvalue weighted by atomic mass is 16.5. The maximum Gasteiger partial charge on any atom is 0.0754 e. The molecule has 8 heteroatoms. The molecule has 0 aromatic rings. The van der Waals surface area contributed by atoms with Gasteiger partial charge in [-0.2, -0.15) is 0 Å². The van der Waals surface area contributed by atoms with Crippen molar-refractivity contribution in [3.05, 3.63) is 0 Å². The topological polar surface area (TPSA) is 37.9 Å². The SMILES string of the molecule is C[C@H]1CN(C2CC3(CCN(CC4CCN(CCC(C)(C)[C@@H]5CN(C6CC7(CCN(CC8CCN(C)CC8)CC7)C6)CCO5)CC4)CC3)C2)CCO1. The molecule has 2 aliphatic carbocycles. The fourth-order valence-electron chi connectivity index (χ4n) is 12.3. The maximum atomic E-state index is 6.55. The smallest absolute Gasteiger partial charge is 0.0754 e. The van der Waals surface area contributed by atoms with Gasteiger partial charge in [0, 0.05) is 51.4 Å². The zero-order valence-electron chi connectivity index (χ0n) is 33.7. The molecule has 0 bridgehead atoms. The Balaban J connectivity index is 0.697. The lowest BCUT2D eigenvalue weighted by molar-refractivity contribution is -0.129. The molecule has 0 unspecified atom stereocenters. The van der Waals surface area contributed by atoms with Crippen molar-refractivity contribution in [3.8, 4) is 0 Å². The highest BCUT2D eigenvalue weighted by Crippen LogP contribution is 2.52. The first-order valence-corrected chi connectivity index (χ1v) is 22.2. The molecule has 0 aromatic carbocycles. The monoisotopic (exact) mass is 711 g/mol. The lowest BCUT2D eigenvalue weighted by Crippen LogP contribution is -2.60. The van der Waals surface area contributed by atoms with E-state index in [0.29, 0.717) is 23.0 Å². The first-order valence-electron chi connectivity index (χ1n) is 22.2. The normalized spacial score (nSPS) is 34.9. The minimum absolute atomic E-state index is 0.237. The molecule has 6 saturated heterocycles. The van der Waals surface area contributed by atoms with E-state index < -0.39 is 0 Å². The molecular weight excluding hydrogens is 633 g/mol. The lowest BCUT2D eigenvalue weighted by atomic mass is 9.59. The van der Waals surface area contributed by atoms with Crippen LogP contribution in [0.25, 0.3) is 0 Å². The summed E-state index contributed by atoms with van der Waals surface area (Å²) in [4.78, 5) is 16.6. The summed E-state index contributed by atoms with van der Waals surface area (Å²) in [5.74, 6) is 1.84. The number of ether oxygens (including phenoxy) is 2. The molecule has 292 valence electrons. The summed E-state index contributed by atoms with van der Waals surface area (Å²) >= 11 is 0. The van der Waals surface area contributed by atoms with E-state index in [4.69, 9.17) is 9.47 Å². The highest BCUT2D eigenvalue weighted by molar-refractivity contribution is 5.04. The van der Waals surface area contributed by atoms with Crippen molar-refractivity contribution >= 4 is 0 Å². The Morgan fingerprint density at radius 3 is 1.61 bits per heavy atom. The van der Waals surface area contributed by atoms with Gasteiger partial charge in [0.05, 0.1) is 25.4 Å². The van der Waals surface area contributed by atoms with Crippen LogP contribution < -0.4 is 0 Å². The molecule has 0 radical (unpaired) electrons. The van der Waals surface area contributed by atoms with Crippen molar-refractivity contribution < 1.29 is 9.47 Å². The number of rotatable bonds is 10. The molecule has 8 fully saturated rings. The first-order chi connectivity index (χ1) is 24.6. The van der Waals surface area contributed by atoms with E-state index in [1.807, 2.05) is 0 Å². The zero-order chi connectivity index (χ0) is 35.1. The molecule has 0 amide bonds. The molecule has 2 saturated carbocycles. The lowest BCUT2D eigenvalue weighted by Gasteiger charge is -2.57. The number of likely N-dealkylation sites (tertiary alicyclic amines) is 4. The van der Waals surface area contributed by atoms with Gasteiger partial charge in [0.2, 0.25) is 0 Å². The van der Waals surface area contributed by atoms with E-state index in [1.165, 1.54) is 155 Å². The number of piperidine rings is 4. The standard InChI is InChI=1S/C43H78N6O2/c1-35-31-48(23-25-50-35)38-27-42(28-38)10-21-47(22-11-42)33-37-7-16-45(17-8-37)18-9-41(2,3)40-34-49(24-26-51-40)39-29-43(30-39)12-19-46(20-13-43)32-36-5-14-44(4)15-6-36/h35-40H,5-34H2,1-4H3/t35-,40-/m0/s1. The van der Waals surface area contributed by atoms with Gasteiger partial charge in [-0.05, 0) is 184 Å². The summed E-state index contributed by atoms with van der Waals surface area (Å²) in [7, 11) is 2.29. The van der Waals surface area contributed by atoms with Gasteiger partial charge in [-0.1, -0.05) is 13.8 Å². The van der Waals surface area contributed by atoms with Crippen LogP contribution in [0.15, 0.2) is 0 Å². The van der Waals surface area contributed by atoms with Crippen LogP contribution in [0.2, 0.25) is 0 Å². The van der Waals surface area contributed by atoms with Crippen LogP contribution in [0.1, 0.15) is 104 Å². The van der Waals surface area contributed by atoms with E-state index in [2.05, 4.69) is 57.2 Å². The highest BCUT2D eigenvalue weighted by Gasteiger charge is 2.50. The summed E-state index contributed by atoms with van der Waals surface area (Å²) in [5.41, 5.74) is 1.56. The van der Waals surface area contributed by atoms with Crippen LogP contribution in [0.4, 0.5) is 0 Å². The van der Waals surface area contributed by atoms with Gasteiger partial charge >= 0.3 is 0 Å². The van der Waals surface area contributed by atoms with Crippen LogP contribution in [-0.2, 0) is 9.47 Å². The quantitative estimate of drug-likeness (QED) is 0.300. The summed E-state index contributed by atoms with van der Waals surface area (Å²) in [6.45, 7) is 28.3. The Morgan fingerprint density at radius 2 is 1.08 bits per heavy atom. The molecule has 2 atom stereocenters. The Labute approximate surface area is 313 Å². The van der Waals surface area contributed by atoms with E-state index in [-0.39, 0.29) is 5.41 Å². The molecule has 8 nitrogen and oxygen atoms in total. The van der Waals surface area contributed by atoms with E-state index in [1.54, 1.807) is 0 Å². The van der Waals surface area contributed by atoms with Crippen molar-refractivity contribution in [3.63, 3.8) is 0 Å². The van der Waals surface area contributed by atoms with Gasteiger partial charge in [-0.3, -0.25) is 9.80 Å². The summed E-state index contributed by atoms with van der Waals surface area (Å²) in [6, 6.07) is 1.64. The second kappa shape index (κ2) is 16.0. The third kappa shape index (κ3) is 9.06. The molecule has 8 aliphatic rings. The minimum Gasteiger partial charge on any atom is -0.376 e. The van der Waals surface area contributed by atoms with E-state index in [0.717, 1.165) is 63.3 Å². The Bertz CT molecular complexity index is 1090. The van der Waals surface area contributed by atoms with Crippen molar-refractivity contribution in [1.82, 2.24) is 29.4 Å². The average molecular weight is 711 g/mol. The summed E-state index contributed by atoms with van der Waals surface area (Å²) in [6.07, 6.45) is 19.2. The molecule has 6 heterocycles. The van der Waals surface area contributed by atoms with E-state index >= 15 is 0 Å². The molecule has 6 aliphatic heterocycles.